The lowest BCUT2D eigenvalue weighted by Gasteiger charge is -2.21. The van der Waals surface area contributed by atoms with Crippen LogP contribution in [0.1, 0.15) is 42.2 Å². The van der Waals surface area contributed by atoms with Crippen molar-refractivity contribution in [3.63, 3.8) is 0 Å². The van der Waals surface area contributed by atoms with Crippen LogP contribution in [0.5, 0.6) is 17.2 Å². The molecular formula is C29H35NO7. The van der Waals surface area contributed by atoms with Gasteiger partial charge in [0.25, 0.3) is 0 Å². The standard InChI is InChI=1S/C29H35NO7/c1-20(30-17-28(34)25-12-13-27(33)26(18-31)29(25)37-21(2)32)16-22-8-10-24(11-9-22)36-15-14-35-19-23-6-4-3-5-7-23/h3-13,20,28,30-31,33-34H,14-19H2,1-2H3/t20-,28+/m1/s1. The second kappa shape index (κ2) is 14.3. The van der Waals surface area contributed by atoms with Crippen molar-refractivity contribution in [3.05, 3.63) is 89.0 Å². The van der Waals surface area contributed by atoms with Gasteiger partial charge in [-0.15, -0.1) is 0 Å². The number of esters is 1. The van der Waals surface area contributed by atoms with Gasteiger partial charge in [-0.2, -0.15) is 0 Å². The molecule has 0 aliphatic heterocycles. The fourth-order valence-electron chi connectivity index (χ4n) is 3.87. The van der Waals surface area contributed by atoms with E-state index in [1.807, 2.05) is 61.5 Å². The summed E-state index contributed by atoms with van der Waals surface area (Å²) in [5.41, 5.74) is 2.61. The highest BCUT2D eigenvalue weighted by molar-refractivity contribution is 5.71. The largest absolute Gasteiger partial charge is 0.507 e. The van der Waals surface area contributed by atoms with Gasteiger partial charge in [0, 0.05) is 25.1 Å². The highest BCUT2D eigenvalue weighted by Gasteiger charge is 2.21. The number of phenols is 1. The first kappa shape index (κ1) is 28.1. The number of rotatable bonds is 14. The van der Waals surface area contributed by atoms with Gasteiger partial charge in [-0.1, -0.05) is 42.5 Å². The Morgan fingerprint density at radius 3 is 2.38 bits per heavy atom. The Morgan fingerprint density at radius 2 is 1.70 bits per heavy atom. The fourth-order valence-corrected chi connectivity index (χ4v) is 3.87. The van der Waals surface area contributed by atoms with E-state index in [9.17, 15) is 20.1 Å². The van der Waals surface area contributed by atoms with Gasteiger partial charge in [-0.25, -0.2) is 0 Å². The summed E-state index contributed by atoms with van der Waals surface area (Å²) in [5, 5.41) is 33.5. The van der Waals surface area contributed by atoms with Crippen LogP contribution in [0.4, 0.5) is 0 Å². The molecule has 37 heavy (non-hydrogen) atoms. The second-order valence-corrected chi connectivity index (χ2v) is 8.79. The predicted molar refractivity (Wildman–Crippen MR) is 140 cm³/mol. The van der Waals surface area contributed by atoms with E-state index in [1.165, 1.54) is 19.1 Å². The molecule has 0 aliphatic carbocycles. The van der Waals surface area contributed by atoms with Gasteiger partial charge in [-0.05, 0) is 48.7 Å². The smallest absolute Gasteiger partial charge is 0.308 e. The SMILES string of the molecule is CC(=O)Oc1c([C@@H](O)CN[C@H](C)Cc2ccc(OCCOCc3ccccc3)cc2)ccc(O)c1CO. The summed E-state index contributed by atoms with van der Waals surface area (Å²) in [5.74, 6) is -0.0588. The van der Waals surface area contributed by atoms with Gasteiger partial charge < -0.3 is 34.8 Å². The summed E-state index contributed by atoms with van der Waals surface area (Å²) in [6.45, 7) is 4.41. The maximum absolute atomic E-state index is 11.5. The van der Waals surface area contributed by atoms with Gasteiger partial charge in [0.1, 0.15) is 23.9 Å². The third-order valence-corrected chi connectivity index (χ3v) is 5.76. The molecule has 0 fully saturated rings. The normalized spacial score (nSPS) is 12.6. The molecule has 0 unspecified atom stereocenters. The predicted octanol–water partition coefficient (Wildman–Crippen LogP) is 3.66. The van der Waals surface area contributed by atoms with Crippen LogP contribution < -0.4 is 14.8 Å². The average Bonchev–Trinajstić information content (AvgIpc) is 2.88. The average molecular weight is 510 g/mol. The number of aromatic hydroxyl groups is 1. The van der Waals surface area contributed by atoms with E-state index < -0.39 is 18.7 Å². The molecule has 0 saturated carbocycles. The van der Waals surface area contributed by atoms with Crippen LogP contribution in [0.15, 0.2) is 66.7 Å². The zero-order valence-corrected chi connectivity index (χ0v) is 21.2. The van der Waals surface area contributed by atoms with Crippen molar-refractivity contribution in [1.82, 2.24) is 5.32 Å². The third-order valence-electron chi connectivity index (χ3n) is 5.76. The Kier molecular flexibility index (Phi) is 10.9. The fraction of sp³-hybridized carbons (Fsp3) is 0.345. The Bertz CT molecular complexity index is 1120. The lowest BCUT2D eigenvalue weighted by molar-refractivity contribution is -0.132. The Balaban J connectivity index is 1.44. The molecule has 0 bridgehead atoms. The summed E-state index contributed by atoms with van der Waals surface area (Å²) < 4.78 is 16.6. The molecule has 3 aromatic carbocycles. The minimum atomic E-state index is -1.01. The molecule has 198 valence electrons. The van der Waals surface area contributed by atoms with Crippen molar-refractivity contribution in [3.8, 4) is 17.2 Å². The molecular weight excluding hydrogens is 474 g/mol. The first-order chi connectivity index (χ1) is 17.9. The minimum absolute atomic E-state index is 0.0157. The lowest BCUT2D eigenvalue weighted by Crippen LogP contribution is -2.32. The highest BCUT2D eigenvalue weighted by atomic mass is 16.5. The monoisotopic (exact) mass is 509 g/mol. The number of hydrogen-bond acceptors (Lipinski definition) is 8. The molecule has 8 heteroatoms. The zero-order valence-electron chi connectivity index (χ0n) is 21.2. The molecule has 8 nitrogen and oxygen atoms in total. The van der Waals surface area contributed by atoms with E-state index in [-0.39, 0.29) is 29.6 Å². The first-order valence-electron chi connectivity index (χ1n) is 12.3. The van der Waals surface area contributed by atoms with Crippen molar-refractivity contribution >= 4 is 5.97 Å². The summed E-state index contributed by atoms with van der Waals surface area (Å²) >= 11 is 0. The number of aliphatic hydroxyl groups is 2. The quantitative estimate of drug-likeness (QED) is 0.148. The van der Waals surface area contributed by atoms with Crippen LogP contribution in [0.2, 0.25) is 0 Å². The number of carbonyl (C=O) groups is 1. The van der Waals surface area contributed by atoms with Crippen molar-refractivity contribution in [2.75, 3.05) is 19.8 Å². The van der Waals surface area contributed by atoms with Crippen LogP contribution >= 0.6 is 0 Å². The van der Waals surface area contributed by atoms with Crippen molar-refractivity contribution in [2.45, 2.75) is 45.6 Å². The van der Waals surface area contributed by atoms with Crippen LogP contribution in [-0.2, 0) is 29.2 Å². The number of carbonyl (C=O) groups excluding carboxylic acids is 1. The number of ether oxygens (including phenoxy) is 3. The minimum Gasteiger partial charge on any atom is -0.507 e. The molecule has 3 rings (SSSR count). The topological polar surface area (TPSA) is 117 Å². The second-order valence-electron chi connectivity index (χ2n) is 8.79. The summed E-state index contributed by atoms with van der Waals surface area (Å²) in [4.78, 5) is 11.5. The van der Waals surface area contributed by atoms with E-state index in [4.69, 9.17) is 14.2 Å². The number of hydrogen-bond donors (Lipinski definition) is 4. The maximum atomic E-state index is 11.5. The summed E-state index contributed by atoms with van der Waals surface area (Å²) in [6.07, 6.45) is -0.288. The van der Waals surface area contributed by atoms with E-state index in [1.54, 1.807) is 0 Å². The third kappa shape index (κ3) is 8.87. The molecule has 0 spiro atoms. The number of nitrogens with one attached hydrogen (secondary N) is 1. The Labute approximate surface area is 217 Å². The van der Waals surface area contributed by atoms with Gasteiger partial charge in [0.2, 0.25) is 0 Å². The molecule has 4 N–H and O–H groups in total. The van der Waals surface area contributed by atoms with Gasteiger partial charge in [-0.3, -0.25) is 4.79 Å². The Hall–Kier alpha value is -3.43. The van der Waals surface area contributed by atoms with Crippen LogP contribution in [0.3, 0.4) is 0 Å². The molecule has 3 aromatic rings. The molecule has 0 saturated heterocycles. The lowest BCUT2D eigenvalue weighted by atomic mass is 10.0. The molecule has 0 amide bonds. The van der Waals surface area contributed by atoms with Crippen molar-refractivity contribution in [2.24, 2.45) is 0 Å². The molecule has 0 radical (unpaired) electrons. The van der Waals surface area contributed by atoms with Crippen molar-refractivity contribution < 1.29 is 34.3 Å². The molecule has 0 heterocycles. The maximum Gasteiger partial charge on any atom is 0.308 e. The van der Waals surface area contributed by atoms with E-state index in [2.05, 4.69) is 5.32 Å². The summed E-state index contributed by atoms with van der Waals surface area (Å²) in [7, 11) is 0. The molecule has 0 aromatic heterocycles. The van der Waals surface area contributed by atoms with Crippen LogP contribution in [0.25, 0.3) is 0 Å². The van der Waals surface area contributed by atoms with Crippen LogP contribution in [-0.4, -0.2) is 47.1 Å². The van der Waals surface area contributed by atoms with E-state index in [0.29, 0.717) is 25.4 Å². The van der Waals surface area contributed by atoms with Gasteiger partial charge in [0.05, 0.1) is 31.5 Å². The number of aliphatic hydroxyl groups excluding tert-OH is 2. The first-order valence-corrected chi connectivity index (χ1v) is 12.3. The molecule has 2 atom stereocenters. The van der Waals surface area contributed by atoms with E-state index >= 15 is 0 Å². The number of benzene rings is 3. The van der Waals surface area contributed by atoms with Crippen molar-refractivity contribution in [1.29, 1.82) is 0 Å². The Morgan fingerprint density at radius 1 is 0.973 bits per heavy atom. The van der Waals surface area contributed by atoms with Gasteiger partial charge >= 0.3 is 5.97 Å². The van der Waals surface area contributed by atoms with Gasteiger partial charge in [0.15, 0.2) is 0 Å². The molecule has 0 aliphatic rings. The van der Waals surface area contributed by atoms with E-state index in [0.717, 1.165) is 23.3 Å². The zero-order chi connectivity index (χ0) is 26.6. The van der Waals surface area contributed by atoms with Crippen LogP contribution in [0, 0.1) is 0 Å². The summed E-state index contributed by atoms with van der Waals surface area (Å²) in [6, 6.07) is 20.7. The highest BCUT2D eigenvalue weighted by Crippen LogP contribution is 2.35.